The Bertz CT molecular complexity index is 682. The van der Waals surface area contributed by atoms with Gasteiger partial charge in [-0.2, -0.15) is 0 Å². The monoisotopic (exact) mass is 273 g/mol. The van der Waals surface area contributed by atoms with E-state index >= 15 is 0 Å². The third-order valence-electron chi connectivity index (χ3n) is 3.50. The molecule has 2 aromatic rings. The lowest BCUT2D eigenvalue weighted by Crippen LogP contribution is -2.00. The molecule has 0 fully saturated rings. The van der Waals surface area contributed by atoms with Crippen LogP contribution in [0.3, 0.4) is 0 Å². The molecule has 1 aromatic carbocycles. The summed E-state index contributed by atoms with van der Waals surface area (Å²) >= 11 is 0. The first-order valence-electron chi connectivity index (χ1n) is 6.45. The van der Waals surface area contributed by atoms with Crippen molar-refractivity contribution in [2.75, 3.05) is 0 Å². The van der Waals surface area contributed by atoms with Gasteiger partial charge in [0.25, 0.3) is 0 Å². The van der Waals surface area contributed by atoms with Gasteiger partial charge in [-0.15, -0.1) is 0 Å². The fraction of sp³-hybridized carbons (Fsp3) is 0.188. The lowest BCUT2D eigenvalue weighted by Gasteiger charge is -2.09. The first-order chi connectivity index (χ1) is 9.66. The average Bonchev–Trinajstić information content (AvgIpc) is 2.62. The molecule has 0 amide bonds. The molecule has 0 spiro atoms. The summed E-state index contributed by atoms with van der Waals surface area (Å²) in [5.41, 5.74) is 2.25. The van der Waals surface area contributed by atoms with Crippen molar-refractivity contribution in [2.45, 2.75) is 18.9 Å². The van der Waals surface area contributed by atoms with Crippen LogP contribution in [0, 0.1) is 11.6 Å². The van der Waals surface area contributed by atoms with Crippen LogP contribution in [0.1, 0.15) is 35.8 Å². The predicted molar refractivity (Wildman–Crippen MR) is 72.7 cm³/mol. The van der Waals surface area contributed by atoms with Crippen LogP contribution in [0.15, 0.2) is 36.5 Å². The molecule has 4 heteroatoms. The smallest absolute Gasteiger partial charge is 0.166 e. The summed E-state index contributed by atoms with van der Waals surface area (Å²) in [5, 5.41) is 10.1. The Morgan fingerprint density at radius 3 is 2.85 bits per heavy atom. The molecule has 0 bridgehead atoms. The second-order valence-electron chi connectivity index (χ2n) is 4.80. The Balaban J connectivity index is 2.12. The number of hydrogen-bond acceptors (Lipinski definition) is 2. The fourth-order valence-corrected chi connectivity index (χ4v) is 2.48. The molecule has 1 unspecified atom stereocenters. The molecule has 102 valence electrons. The van der Waals surface area contributed by atoms with Crippen molar-refractivity contribution in [3.05, 3.63) is 65.0 Å². The molecule has 20 heavy (non-hydrogen) atoms. The number of pyridine rings is 1. The minimum Gasteiger partial charge on any atom is -0.387 e. The maximum Gasteiger partial charge on any atom is 0.166 e. The second kappa shape index (κ2) is 5.13. The maximum absolute atomic E-state index is 13.9. The minimum absolute atomic E-state index is 0.244. The number of benzene rings is 1. The highest BCUT2D eigenvalue weighted by Crippen LogP contribution is 2.34. The molecule has 0 saturated carbocycles. The highest BCUT2D eigenvalue weighted by Gasteiger charge is 2.20. The fourth-order valence-electron chi connectivity index (χ4n) is 2.48. The van der Waals surface area contributed by atoms with E-state index in [2.05, 4.69) is 4.98 Å². The van der Waals surface area contributed by atoms with Crippen LogP contribution in [0.4, 0.5) is 8.78 Å². The third kappa shape index (κ3) is 2.23. The molecule has 1 atom stereocenters. The van der Waals surface area contributed by atoms with Crippen LogP contribution in [-0.4, -0.2) is 10.1 Å². The van der Waals surface area contributed by atoms with Gasteiger partial charge in [0, 0.05) is 11.8 Å². The van der Waals surface area contributed by atoms with Crippen molar-refractivity contribution < 1.29 is 13.9 Å². The van der Waals surface area contributed by atoms with Gasteiger partial charge in [-0.3, -0.25) is 4.98 Å². The SMILES string of the molecule is OC1CCC(c2cccc(F)c2F)=Cc2cccnc21. The number of nitrogens with zero attached hydrogens (tertiary/aromatic N) is 1. The van der Waals surface area contributed by atoms with Gasteiger partial charge < -0.3 is 5.11 Å². The summed E-state index contributed by atoms with van der Waals surface area (Å²) in [7, 11) is 0. The molecule has 0 aliphatic heterocycles. The van der Waals surface area contributed by atoms with E-state index in [9.17, 15) is 13.9 Å². The summed E-state index contributed by atoms with van der Waals surface area (Å²) in [6.07, 6.45) is 3.61. The molecular weight excluding hydrogens is 260 g/mol. The van der Waals surface area contributed by atoms with Crippen LogP contribution >= 0.6 is 0 Å². The highest BCUT2D eigenvalue weighted by molar-refractivity contribution is 5.83. The summed E-state index contributed by atoms with van der Waals surface area (Å²) in [5.74, 6) is -1.71. The number of aromatic nitrogens is 1. The van der Waals surface area contributed by atoms with Crippen molar-refractivity contribution in [3.8, 4) is 0 Å². The standard InChI is InChI=1S/C16H13F2NO/c17-13-5-1-4-12(15(13)18)10-6-7-14(20)16-11(9-10)3-2-8-19-16/h1-5,8-9,14,20H,6-7H2. The Hall–Kier alpha value is -2.07. The van der Waals surface area contributed by atoms with E-state index in [4.69, 9.17) is 0 Å². The summed E-state index contributed by atoms with van der Waals surface area (Å²) in [6, 6.07) is 7.71. The lowest BCUT2D eigenvalue weighted by molar-refractivity contribution is 0.165. The molecule has 2 nitrogen and oxygen atoms in total. The van der Waals surface area contributed by atoms with Crippen LogP contribution < -0.4 is 0 Å². The molecule has 1 aromatic heterocycles. The molecular formula is C16H13F2NO. The van der Waals surface area contributed by atoms with Gasteiger partial charge >= 0.3 is 0 Å². The zero-order valence-corrected chi connectivity index (χ0v) is 10.7. The molecule has 0 saturated heterocycles. The summed E-state index contributed by atoms with van der Waals surface area (Å²) in [6.45, 7) is 0. The van der Waals surface area contributed by atoms with Crippen LogP contribution in [0.2, 0.25) is 0 Å². The van der Waals surface area contributed by atoms with Crippen molar-refractivity contribution >= 4 is 11.6 Å². The molecule has 1 N–H and O–H groups in total. The van der Waals surface area contributed by atoms with E-state index < -0.39 is 17.7 Å². The molecule has 1 aliphatic rings. The van der Waals surface area contributed by atoms with E-state index in [1.807, 2.05) is 6.07 Å². The number of allylic oxidation sites excluding steroid dienone is 1. The van der Waals surface area contributed by atoms with Crippen LogP contribution in [-0.2, 0) is 0 Å². The first kappa shape index (κ1) is 12.9. The van der Waals surface area contributed by atoms with E-state index in [1.54, 1.807) is 24.4 Å². The number of aliphatic hydroxyl groups excluding tert-OH is 1. The van der Waals surface area contributed by atoms with Gasteiger partial charge in [-0.05, 0) is 42.2 Å². The zero-order valence-electron chi connectivity index (χ0n) is 10.7. The minimum atomic E-state index is -0.861. The van der Waals surface area contributed by atoms with Gasteiger partial charge in [0.05, 0.1) is 11.8 Å². The lowest BCUT2D eigenvalue weighted by atomic mass is 9.99. The van der Waals surface area contributed by atoms with Crippen molar-refractivity contribution in [1.29, 1.82) is 0 Å². The van der Waals surface area contributed by atoms with Gasteiger partial charge in [0.1, 0.15) is 0 Å². The molecule has 0 radical (unpaired) electrons. The van der Waals surface area contributed by atoms with Gasteiger partial charge in [-0.1, -0.05) is 18.2 Å². The average molecular weight is 273 g/mol. The zero-order chi connectivity index (χ0) is 14.1. The van der Waals surface area contributed by atoms with Crippen molar-refractivity contribution in [1.82, 2.24) is 4.98 Å². The van der Waals surface area contributed by atoms with Gasteiger partial charge in [0.15, 0.2) is 11.6 Å². The number of fused-ring (bicyclic) bond motifs is 1. The topological polar surface area (TPSA) is 33.1 Å². The number of aliphatic hydroxyl groups is 1. The Labute approximate surface area is 115 Å². The predicted octanol–water partition coefficient (Wildman–Crippen LogP) is 3.73. The van der Waals surface area contributed by atoms with Crippen LogP contribution in [0.25, 0.3) is 11.6 Å². The van der Waals surface area contributed by atoms with Gasteiger partial charge in [-0.25, -0.2) is 8.78 Å². The third-order valence-corrected chi connectivity index (χ3v) is 3.50. The first-order valence-corrected chi connectivity index (χ1v) is 6.45. The van der Waals surface area contributed by atoms with E-state index in [1.165, 1.54) is 6.07 Å². The highest BCUT2D eigenvalue weighted by atomic mass is 19.2. The second-order valence-corrected chi connectivity index (χ2v) is 4.80. The van der Waals surface area contributed by atoms with Crippen molar-refractivity contribution in [3.63, 3.8) is 0 Å². The van der Waals surface area contributed by atoms with Crippen molar-refractivity contribution in [2.24, 2.45) is 0 Å². The molecule has 1 aliphatic carbocycles. The van der Waals surface area contributed by atoms with E-state index in [0.717, 1.165) is 11.6 Å². The Kier molecular flexibility index (Phi) is 3.32. The van der Waals surface area contributed by atoms with Crippen LogP contribution in [0.5, 0.6) is 0 Å². The number of rotatable bonds is 1. The Morgan fingerprint density at radius 2 is 2.00 bits per heavy atom. The number of halogens is 2. The summed E-state index contributed by atoms with van der Waals surface area (Å²) in [4.78, 5) is 4.17. The summed E-state index contributed by atoms with van der Waals surface area (Å²) < 4.78 is 27.2. The molecule has 3 rings (SSSR count). The Morgan fingerprint density at radius 1 is 1.15 bits per heavy atom. The van der Waals surface area contributed by atoms with Gasteiger partial charge in [0.2, 0.25) is 0 Å². The van der Waals surface area contributed by atoms with E-state index in [0.29, 0.717) is 24.1 Å². The maximum atomic E-state index is 13.9. The molecule has 1 heterocycles. The quantitative estimate of drug-likeness (QED) is 0.858. The largest absolute Gasteiger partial charge is 0.387 e. The number of hydrogen-bond donors (Lipinski definition) is 1. The normalized spacial score (nSPS) is 18.1. The van der Waals surface area contributed by atoms with E-state index in [-0.39, 0.29) is 5.56 Å².